The highest BCUT2D eigenvalue weighted by Crippen LogP contribution is 2.26. The van der Waals surface area contributed by atoms with Crippen LogP contribution in [0.4, 0.5) is 5.95 Å². The standard InChI is InChI=1S/C17H21ClN4O2/c18-11-3-4-13-14(10-11)20-17(19-13)21-16(23)15-2-1-7-22(15)12-5-8-24-9-6-12/h3-4,10,12,15H,1-2,5-9H2,(H2,19,20,21,23). The quantitative estimate of drug-likeness (QED) is 0.894. The normalized spacial score (nSPS) is 23.0. The number of carbonyl (C=O) groups excluding carboxylic acids is 1. The molecule has 2 aliphatic heterocycles. The Labute approximate surface area is 145 Å². The summed E-state index contributed by atoms with van der Waals surface area (Å²) >= 11 is 5.99. The summed E-state index contributed by atoms with van der Waals surface area (Å²) in [4.78, 5) is 22.6. The maximum atomic E-state index is 12.7. The molecule has 2 N–H and O–H groups in total. The summed E-state index contributed by atoms with van der Waals surface area (Å²) in [6, 6.07) is 5.81. The number of rotatable bonds is 3. The second-order valence-electron chi connectivity index (χ2n) is 6.48. The Morgan fingerprint density at radius 1 is 1.33 bits per heavy atom. The Kier molecular flexibility index (Phi) is 4.43. The summed E-state index contributed by atoms with van der Waals surface area (Å²) in [6.45, 7) is 2.57. The second kappa shape index (κ2) is 6.70. The number of aromatic amines is 1. The van der Waals surface area contributed by atoms with Gasteiger partial charge in [-0.15, -0.1) is 0 Å². The van der Waals surface area contributed by atoms with Crippen LogP contribution < -0.4 is 5.32 Å². The summed E-state index contributed by atoms with van der Waals surface area (Å²) in [7, 11) is 0. The van der Waals surface area contributed by atoms with Crippen molar-refractivity contribution in [2.24, 2.45) is 0 Å². The van der Waals surface area contributed by atoms with Crippen LogP contribution in [0.5, 0.6) is 0 Å². The van der Waals surface area contributed by atoms with Crippen molar-refractivity contribution in [2.45, 2.75) is 37.8 Å². The highest BCUT2D eigenvalue weighted by atomic mass is 35.5. The number of aromatic nitrogens is 2. The summed E-state index contributed by atoms with van der Waals surface area (Å²) in [6.07, 6.45) is 3.97. The van der Waals surface area contributed by atoms with Gasteiger partial charge in [0.05, 0.1) is 17.1 Å². The average Bonchev–Trinajstić information content (AvgIpc) is 3.21. The zero-order valence-corrected chi connectivity index (χ0v) is 14.2. The molecule has 2 fully saturated rings. The average molecular weight is 349 g/mol. The summed E-state index contributed by atoms with van der Waals surface area (Å²) in [5.74, 6) is 0.500. The van der Waals surface area contributed by atoms with E-state index in [2.05, 4.69) is 20.2 Å². The monoisotopic (exact) mass is 348 g/mol. The Morgan fingerprint density at radius 2 is 2.17 bits per heavy atom. The number of likely N-dealkylation sites (tertiary alicyclic amines) is 1. The Balaban J connectivity index is 1.47. The molecule has 128 valence electrons. The van der Waals surface area contributed by atoms with Crippen LogP contribution in [0.1, 0.15) is 25.7 Å². The van der Waals surface area contributed by atoms with Gasteiger partial charge in [-0.05, 0) is 50.4 Å². The fourth-order valence-electron chi connectivity index (χ4n) is 3.77. The molecule has 1 amide bonds. The molecule has 1 aromatic heterocycles. The van der Waals surface area contributed by atoms with Crippen molar-refractivity contribution in [2.75, 3.05) is 25.1 Å². The smallest absolute Gasteiger partial charge is 0.244 e. The predicted octanol–water partition coefficient (Wildman–Crippen LogP) is 2.80. The van der Waals surface area contributed by atoms with Gasteiger partial charge in [-0.1, -0.05) is 11.6 Å². The lowest BCUT2D eigenvalue weighted by atomic mass is 10.1. The van der Waals surface area contributed by atoms with Crippen LogP contribution in [0.25, 0.3) is 11.0 Å². The Bertz CT molecular complexity index is 741. The molecule has 0 saturated carbocycles. The van der Waals surface area contributed by atoms with E-state index in [0.29, 0.717) is 17.0 Å². The molecule has 2 aromatic rings. The lowest BCUT2D eigenvalue weighted by Crippen LogP contribution is -2.47. The number of benzene rings is 1. The number of nitrogens with one attached hydrogen (secondary N) is 2. The number of amides is 1. The van der Waals surface area contributed by atoms with Crippen molar-refractivity contribution < 1.29 is 9.53 Å². The molecule has 6 nitrogen and oxygen atoms in total. The largest absolute Gasteiger partial charge is 0.381 e. The van der Waals surface area contributed by atoms with Crippen LogP contribution in [0, 0.1) is 0 Å². The van der Waals surface area contributed by atoms with E-state index in [-0.39, 0.29) is 11.9 Å². The van der Waals surface area contributed by atoms with Crippen molar-refractivity contribution >= 4 is 34.5 Å². The van der Waals surface area contributed by atoms with E-state index in [1.807, 2.05) is 12.1 Å². The Hall–Kier alpha value is -1.63. The van der Waals surface area contributed by atoms with Gasteiger partial charge in [-0.3, -0.25) is 15.0 Å². The second-order valence-corrected chi connectivity index (χ2v) is 6.91. The van der Waals surface area contributed by atoms with Crippen molar-refractivity contribution in [3.8, 4) is 0 Å². The first-order valence-electron chi connectivity index (χ1n) is 8.50. The molecule has 24 heavy (non-hydrogen) atoms. The number of carbonyl (C=O) groups is 1. The van der Waals surface area contributed by atoms with E-state index in [0.717, 1.165) is 56.5 Å². The van der Waals surface area contributed by atoms with Gasteiger partial charge in [-0.2, -0.15) is 0 Å². The zero-order chi connectivity index (χ0) is 16.5. The number of nitrogens with zero attached hydrogens (tertiary/aromatic N) is 2. The third-order valence-electron chi connectivity index (χ3n) is 4.94. The van der Waals surface area contributed by atoms with E-state index < -0.39 is 0 Å². The number of fused-ring (bicyclic) bond motifs is 1. The molecule has 2 saturated heterocycles. The predicted molar refractivity (Wildman–Crippen MR) is 93.3 cm³/mol. The molecular formula is C17H21ClN4O2. The van der Waals surface area contributed by atoms with Gasteiger partial charge in [0.25, 0.3) is 0 Å². The molecule has 0 bridgehead atoms. The summed E-state index contributed by atoms with van der Waals surface area (Å²) < 4.78 is 5.44. The lowest BCUT2D eigenvalue weighted by Gasteiger charge is -2.34. The maximum absolute atomic E-state index is 12.7. The highest BCUT2D eigenvalue weighted by molar-refractivity contribution is 6.31. The molecule has 2 aliphatic rings. The fraction of sp³-hybridized carbons (Fsp3) is 0.529. The SMILES string of the molecule is O=C(Nc1nc2ccc(Cl)cc2[nH]1)C1CCCN1C1CCOCC1. The van der Waals surface area contributed by atoms with Crippen LogP contribution in [0.15, 0.2) is 18.2 Å². The van der Waals surface area contributed by atoms with Crippen LogP contribution in [0.2, 0.25) is 5.02 Å². The van der Waals surface area contributed by atoms with Crippen molar-refractivity contribution in [3.05, 3.63) is 23.2 Å². The molecule has 0 spiro atoms. The minimum absolute atomic E-state index is 0.0177. The van der Waals surface area contributed by atoms with Gasteiger partial charge >= 0.3 is 0 Å². The van der Waals surface area contributed by atoms with Crippen LogP contribution in [-0.2, 0) is 9.53 Å². The maximum Gasteiger partial charge on any atom is 0.244 e. The van der Waals surface area contributed by atoms with E-state index in [1.54, 1.807) is 6.07 Å². The van der Waals surface area contributed by atoms with E-state index in [1.165, 1.54) is 0 Å². The van der Waals surface area contributed by atoms with Gasteiger partial charge in [0.1, 0.15) is 0 Å². The molecule has 3 heterocycles. The number of anilines is 1. The van der Waals surface area contributed by atoms with Crippen LogP contribution in [0.3, 0.4) is 0 Å². The molecule has 4 rings (SSSR count). The number of H-pyrrole nitrogens is 1. The van der Waals surface area contributed by atoms with Crippen molar-refractivity contribution in [3.63, 3.8) is 0 Å². The van der Waals surface area contributed by atoms with Crippen molar-refractivity contribution in [1.82, 2.24) is 14.9 Å². The minimum Gasteiger partial charge on any atom is -0.381 e. The lowest BCUT2D eigenvalue weighted by molar-refractivity contribution is -0.121. The first kappa shape index (κ1) is 15.9. The van der Waals surface area contributed by atoms with E-state index >= 15 is 0 Å². The summed E-state index contributed by atoms with van der Waals surface area (Å²) in [5, 5.41) is 3.58. The molecule has 1 aromatic carbocycles. The third-order valence-corrected chi connectivity index (χ3v) is 5.18. The van der Waals surface area contributed by atoms with Gasteiger partial charge in [0, 0.05) is 24.3 Å². The fourth-order valence-corrected chi connectivity index (χ4v) is 3.94. The molecule has 0 aliphatic carbocycles. The van der Waals surface area contributed by atoms with Crippen molar-refractivity contribution in [1.29, 1.82) is 0 Å². The third kappa shape index (κ3) is 3.14. The number of hydrogen-bond acceptors (Lipinski definition) is 4. The van der Waals surface area contributed by atoms with E-state index in [4.69, 9.17) is 16.3 Å². The topological polar surface area (TPSA) is 70.2 Å². The number of imidazole rings is 1. The molecule has 1 atom stereocenters. The molecule has 1 unspecified atom stereocenters. The van der Waals surface area contributed by atoms with Gasteiger partial charge in [0.15, 0.2) is 0 Å². The number of hydrogen-bond donors (Lipinski definition) is 2. The minimum atomic E-state index is -0.0788. The van der Waals surface area contributed by atoms with Gasteiger partial charge < -0.3 is 9.72 Å². The molecule has 0 radical (unpaired) electrons. The van der Waals surface area contributed by atoms with Gasteiger partial charge in [0.2, 0.25) is 11.9 Å². The summed E-state index contributed by atoms with van der Waals surface area (Å²) in [5.41, 5.74) is 1.62. The number of halogens is 1. The van der Waals surface area contributed by atoms with Crippen LogP contribution in [-0.4, -0.2) is 52.6 Å². The van der Waals surface area contributed by atoms with Crippen LogP contribution >= 0.6 is 11.6 Å². The molecular weight excluding hydrogens is 328 g/mol. The number of ether oxygens (including phenoxy) is 1. The first-order valence-corrected chi connectivity index (χ1v) is 8.88. The van der Waals surface area contributed by atoms with E-state index in [9.17, 15) is 4.79 Å². The Morgan fingerprint density at radius 3 is 3.00 bits per heavy atom. The zero-order valence-electron chi connectivity index (χ0n) is 13.4. The first-order chi connectivity index (χ1) is 11.7. The molecule has 7 heteroatoms. The van der Waals surface area contributed by atoms with Gasteiger partial charge in [-0.25, -0.2) is 4.98 Å². The highest BCUT2D eigenvalue weighted by Gasteiger charge is 2.36.